The summed E-state index contributed by atoms with van der Waals surface area (Å²) in [7, 11) is 1.97. The normalized spacial score (nSPS) is 20.6. The molecule has 2 aromatic carbocycles. The van der Waals surface area contributed by atoms with E-state index >= 15 is 0 Å². The number of anilines is 1. The highest BCUT2D eigenvalue weighted by molar-refractivity contribution is 6.03. The zero-order valence-corrected chi connectivity index (χ0v) is 29.2. The Balaban J connectivity index is 1.62. The maximum atomic E-state index is 13.5. The summed E-state index contributed by atoms with van der Waals surface area (Å²) in [6.07, 6.45) is 14.5. The van der Waals surface area contributed by atoms with Gasteiger partial charge in [0, 0.05) is 66.1 Å². The Morgan fingerprint density at radius 1 is 0.911 bits per heavy atom. The van der Waals surface area contributed by atoms with E-state index in [4.69, 9.17) is 0 Å². The van der Waals surface area contributed by atoms with Crippen LogP contribution in [0.15, 0.2) is 95.4 Å². The number of allylic oxidation sites excluding steroid dienone is 7. The van der Waals surface area contributed by atoms with Crippen molar-refractivity contribution < 1.29 is 9.37 Å². The van der Waals surface area contributed by atoms with Crippen LogP contribution >= 0.6 is 0 Å². The molecular weight excluding hydrogens is 550 g/mol. The van der Waals surface area contributed by atoms with Gasteiger partial charge >= 0.3 is 0 Å². The van der Waals surface area contributed by atoms with Crippen LogP contribution in [-0.4, -0.2) is 41.2 Å². The molecule has 5 rings (SSSR count). The molecule has 4 heteroatoms. The van der Waals surface area contributed by atoms with Crippen LogP contribution in [0.3, 0.4) is 0 Å². The van der Waals surface area contributed by atoms with Crippen molar-refractivity contribution in [3.05, 3.63) is 107 Å². The Labute approximate surface area is 272 Å². The lowest BCUT2D eigenvalue weighted by Crippen LogP contribution is -2.32. The maximum Gasteiger partial charge on any atom is 0.229 e. The number of fused-ring (bicyclic) bond motifs is 2. The molecule has 2 aliphatic heterocycles. The van der Waals surface area contributed by atoms with Gasteiger partial charge in [0.05, 0.1) is 5.41 Å². The molecule has 2 aromatic rings. The largest absolute Gasteiger partial charge is 0.344 e. The molecule has 0 saturated heterocycles. The molecule has 4 nitrogen and oxygen atoms in total. The molecule has 0 saturated carbocycles. The van der Waals surface area contributed by atoms with Crippen LogP contribution in [0.25, 0.3) is 0 Å². The van der Waals surface area contributed by atoms with Crippen molar-refractivity contribution in [2.45, 2.75) is 98.3 Å². The second-order valence-corrected chi connectivity index (χ2v) is 14.3. The van der Waals surface area contributed by atoms with Gasteiger partial charge < -0.3 is 9.80 Å². The number of para-hydroxylation sites is 2. The van der Waals surface area contributed by atoms with E-state index < -0.39 is 0 Å². The third kappa shape index (κ3) is 5.89. The topological polar surface area (TPSA) is 26.6 Å². The van der Waals surface area contributed by atoms with E-state index in [2.05, 4.69) is 124 Å². The van der Waals surface area contributed by atoms with Gasteiger partial charge in [0.15, 0.2) is 5.71 Å². The van der Waals surface area contributed by atoms with Crippen LogP contribution in [0.5, 0.6) is 0 Å². The number of amides is 1. The van der Waals surface area contributed by atoms with Crippen molar-refractivity contribution in [3.8, 4) is 0 Å². The molecule has 1 amide bonds. The van der Waals surface area contributed by atoms with Crippen LogP contribution < -0.4 is 4.90 Å². The molecule has 2 heterocycles. The summed E-state index contributed by atoms with van der Waals surface area (Å²) in [4.78, 5) is 18.0. The van der Waals surface area contributed by atoms with E-state index in [9.17, 15) is 4.79 Å². The second kappa shape index (κ2) is 13.0. The molecule has 0 unspecified atom stereocenters. The lowest BCUT2D eigenvalue weighted by Gasteiger charge is -2.31. The van der Waals surface area contributed by atoms with E-state index in [-0.39, 0.29) is 22.7 Å². The zero-order chi connectivity index (χ0) is 32.5. The van der Waals surface area contributed by atoms with Crippen molar-refractivity contribution >= 4 is 23.0 Å². The first-order valence-corrected chi connectivity index (χ1v) is 17.2. The summed E-state index contributed by atoms with van der Waals surface area (Å²) in [5, 5.41) is 0. The van der Waals surface area contributed by atoms with Gasteiger partial charge in [-0.3, -0.25) is 4.79 Å². The predicted octanol–water partition coefficient (Wildman–Crippen LogP) is 9.60. The van der Waals surface area contributed by atoms with Crippen LogP contribution in [0.2, 0.25) is 0 Å². The summed E-state index contributed by atoms with van der Waals surface area (Å²) in [6.45, 7) is 19.8. The van der Waals surface area contributed by atoms with Crippen molar-refractivity contribution in [1.82, 2.24) is 4.90 Å². The Kier molecular flexibility index (Phi) is 9.44. The number of likely N-dealkylation sites (N-methyl/N-ethyl adjacent to an activating group) is 1. The second-order valence-electron chi connectivity index (χ2n) is 14.3. The van der Waals surface area contributed by atoms with Gasteiger partial charge in [0.25, 0.3) is 0 Å². The molecule has 3 aliphatic rings. The number of nitrogens with zero attached hydrogens (tertiary/aromatic N) is 3. The molecule has 0 bridgehead atoms. The SMILES string of the molecule is CCCN1/C(=C/C=C2\CCCC(/C=C/C3=[N+](CCC)c4ccccc4C3(C)C)=C2N(C)C(=O)C(C)C)C(C)(C)c2ccccc21. The minimum absolute atomic E-state index is 0.0738. The molecular formula is C41H54N3O+. The lowest BCUT2D eigenvalue weighted by atomic mass is 9.81. The monoisotopic (exact) mass is 604 g/mol. The van der Waals surface area contributed by atoms with Crippen LogP contribution in [0.4, 0.5) is 11.4 Å². The lowest BCUT2D eigenvalue weighted by molar-refractivity contribution is -0.437. The van der Waals surface area contributed by atoms with E-state index in [1.165, 1.54) is 45.1 Å². The number of carbonyl (C=O) groups excluding carboxylic acids is 1. The first kappa shape index (κ1) is 32.7. The minimum Gasteiger partial charge on any atom is -0.344 e. The van der Waals surface area contributed by atoms with Crippen molar-refractivity contribution in [1.29, 1.82) is 0 Å². The van der Waals surface area contributed by atoms with Crippen molar-refractivity contribution in [2.75, 3.05) is 25.0 Å². The molecule has 0 spiro atoms. The fraction of sp³-hybridized carbons (Fsp3) is 0.463. The number of rotatable bonds is 9. The molecule has 0 N–H and O–H groups in total. The van der Waals surface area contributed by atoms with Gasteiger partial charge in [-0.05, 0) is 68.4 Å². The Bertz CT molecular complexity index is 1610. The average Bonchev–Trinajstić information content (AvgIpc) is 3.37. The molecule has 0 radical (unpaired) electrons. The quantitative estimate of drug-likeness (QED) is 0.267. The molecule has 45 heavy (non-hydrogen) atoms. The third-order valence-corrected chi connectivity index (χ3v) is 10.0. The van der Waals surface area contributed by atoms with Crippen molar-refractivity contribution in [3.63, 3.8) is 0 Å². The first-order chi connectivity index (χ1) is 21.4. The first-order valence-electron chi connectivity index (χ1n) is 17.2. The van der Waals surface area contributed by atoms with Gasteiger partial charge in [0.1, 0.15) is 6.54 Å². The highest BCUT2D eigenvalue weighted by Gasteiger charge is 2.44. The van der Waals surface area contributed by atoms with Gasteiger partial charge in [-0.25, -0.2) is 0 Å². The van der Waals surface area contributed by atoms with Crippen molar-refractivity contribution in [2.24, 2.45) is 5.92 Å². The number of benzene rings is 2. The number of hydrogen-bond acceptors (Lipinski definition) is 2. The van der Waals surface area contributed by atoms with Crippen LogP contribution in [0.1, 0.15) is 98.6 Å². The van der Waals surface area contributed by atoms with E-state index in [1.54, 1.807) is 0 Å². The summed E-state index contributed by atoms with van der Waals surface area (Å²) in [6, 6.07) is 17.7. The zero-order valence-electron chi connectivity index (χ0n) is 29.2. The summed E-state index contributed by atoms with van der Waals surface area (Å²) in [5.41, 5.74) is 11.4. The number of carbonyl (C=O) groups is 1. The molecule has 238 valence electrons. The van der Waals surface area contributed by atoms with E-state index in [1.807, 2.05) is 25.8 Å². The van der Waals surface area contributed by atoms with E-state index in [0.29, 0.717) is 0 Å². The fourth-order valence-corrected chi connectivity index (χ4v) is 7.74. The standard InChI is InChI=1S/C41H54N3O/c1-10-27-43-34-21-14-12-19-32(34)40(5,6)36(43)25-23-30-17-16-18-31(38(30)42(9)39(45)29(3)4)24-26-37-41(7,8)33-20-13-15-22-35(33)44(37)28-11-2/h12-15,19-26,29H,10-11,16-18,27-28H2,1-9H3/q+1. The highest BCUT2D eigenvalue weighted by atomic mass is 16.2. The van der Waals surface area contributed by atoms with Crippen LogP contribution in [0, 0.1) is 5.92 Å². The summed E-state index contributed by atoms with van der Waals surface area (Å²) >= 11 is 0. The third-order valence-electron chi connectivity index (χ3n) is 10.0. The Hall–Kier alpha value is -3.66. The Morgan fingerprint density at radius 2 is 1.60 bits per heavy atom. The van der Waals surface area contributed by atoms with Gasteiger partial charge in [-0.1, -0.05) is 90.1 Å². The smallest absolute Gasteiger partial charge is 0.229 e. The van der Waals surface area contributed by atoms with Crippen LogP contribution in [-0.2, 0) is 15.6 Å². The summed E-state index contributed by atoms with van der Waals surface area (Å²) < 4.78 is 2.50. The predicted molar refractivity (Wildman–Crippen MR) is 190 cm³/mol. The van der Waals surface area contributed by atoms with Gasteiger partial charge in [0.2, 0.25) is 11.6 Å². The fourth-order valence-electron chi connectivity index (χ4n) is 7.74. The van der Waals surface area contributed by atoms with E-state index in [0.717, 1.165) is 50.9 Å². The molecule has 0 aromatic heterocycles. The summed E-state index contributed by atoms with van der Waals surface area (Å²) in [5.74, 6) is 0.0849. The molecule has 0 fully saturated rings. The van der Waals surface area contributed by atoms with Gasteiger partial charge in [-0.15, -0.1) is 0 Å². The minimum atomic E-state index is -0.0911. The maximum absolute atomic E-state index is 13.5. The highest BCUT2D eigenvalue weighted by Crippen LogP contribution is 2.48. The number of hydrogen-bond donors (Lipinski definition) is 0. The molecule has 1 aliphatic carbocycles. The molecule has 0 atom stereocenters. The average molecular weight is 605 g/mol. The Morgan fingerprint density at radius 3 is 2.29 bits per heavy atom. The van der Waals surface area contributed by atoms with Gasteiger partial charge in [-0.2, -0.15) is 4.58 Å².